The molecule has 0 radical (unpaired) electrons. The first-order valence-electron chi connectivity index (χ1n) is 3.42. The maximum Gasteiger partial charge on any atom is 0.252 e. The molecule has 0 saturated heterocycles. The van der Waals surface area contributed by atoms with Crippen molar-refractivity contribution in [2.24, 2.45) is 0 Å². The average Bonchev–Trinajstić information content (AvgIpc) is 2.04. The zero-order chi connectivity index (χ0) is 9.14. The third-order valence-electron chi connectivity index (χ3n) is 1.61. The fourth-order valence-corrected chi connectivity index (χ4v) is 1.07. The van der Waals surface area contributed by atoms with Gasteiger partial charge in [-0.25, -0.2) is 0 Å². The van der Waals surface area contributed by atoms with E-state index in [1.807, 2.05) is 6.92 Å². The van der Waals surface area contributed by atoms with Crippen LogP contribution in [0.4, 0.5) is 0 Å². The van der Waals surface area contributed by atoms with Crippen LogP contribution in [0.1, 0.15) is 21.5 Å². The van der Waals surface area contributed by atoms with Gasteiger partial charge in [0, 0.05) is 11.1 Å². The van der Waals surface area contributed by atoms with Crippen LogP contribution in [0.5, 0.6) is 0 Å². The van der Waals surface area contributed by atoms with Crippen molar-refractivity contribution < 1.29 is 4.79 Å². The Morgan fingerprint density at radius 1 is 1.58 bits per heavy atom. The number of carbonyl (C=O) groups excluding carboxylic acids is 1. The smallest absolute Gasteiger partial charge is 0.252 e. The highest BCUT2D eigenvalue weighted by atomic mass is 35.5. The van der Waals surface area contributed by atoms with E-state index in [9.17, 15) is 4.79 Å². The van der Waals surface area contributed by atoms with Gasteiger partial charge in [0.25, 0.3) is 5.24 Å². The molecule has 1 aromatic rings. The van der Waals surface area contributed by atoms with Crippen molar-refractivity contribution >= 4 is 16.8 Å². The number of rotatable bonds is 1. The van der Waals surface area contributed by atoms with Gasteiger partial charge in [-0.15, -0.1) is 6.42 Å². The second kappa shape index (κ2) is 3.42. The molecule has 1 aromatic carbocycles. The molecule has 0 heterocycles. The van der Waals surface area contributed by atoms with E-state index in [1.54, 1.807) is 18.2 Å². The second-order valence-corrected chi connectivity index (χ2v) is 2.79. The number of halogens is 1. The normalized spacial score (nSPS) is 9.08. The highest BCUT2D eigenvalue weighted by molar-refractivity contribution is 6.67. The predicted octanol–water partition coefficient (Wildman–Crippen LogP) is 2.36. The molecule has 0 spiro atoms. The molecular formula is C10H7ClO. The van der Waals surface area contributed by atoms with E-state index in [4.69, 9.17) is 18.0 Å². The number of aryl methyl sites for hydroxylation is 1. The molecule has 0 aliphatic rings. The average molecular weight is 179 g/mol. The van der Waals surface area contributed by atoms with Crippen molar-refractivity contribution in [2.45, 2.75) is 6.92 Å². The minimum absolute atomic E-state index is 0.457. The lowest BCUT2D eigenvalue weighted by Gasteiger charge is -1.99. The Kier molecular flexibility index (Phi) is 2.52. The molecule has 0 N–H and O–H groups in total. The molecule has 12 heavy (non-hydrogen) atoms. The standard InChI is InChI=1S/C10H7ClO/c1-3-8-4-5-9(10(11)12)6-7(8)2/h1,4-6H,2H3. The van der Waals surface area contributed by atoms with Crippen molar-refractivity contribution in [1.29, 1.82) is 0 Å². The monoisotopic (exact) mass is 178 g/mol. The van der Waals surface area contributed by atoms with Gasteiger partial charge in [-0.3, -0.25) is 4.79 Å². The SMILES string of the molecule is C#Cc1ccc(C(=O)Cl)cc1C. The summed E-state index contributed by atoms with van der Waals surface area (Å²) < 4.78 is 0. The molecule has 60 valence electrons. The molecule has 0 aliphatic heterocycles. The van der Waals surface area contributed by atoms with E-state index in [-0.39, 0.29) is 0 Å². The topological polar surface area (TPSA) is 17.1 Å². The van der Waals surface area contributed by atoms with E-state index in [0.29, 0.717) is 5.56 Å². The third kappa shape index (κ3) is 1.66. The molecule has 0 unspecified atom stereocenters. The zero-order valence-corrected chi connectivity index (χ0v) is 7.35. The number of hydrogen-bond donors (Lipinski definition) is 0. The Balaban J connectivity index is 3.21. The molecule has 0 bridgehead atoms. The Morgan fingerprint density at radius 3 is 2.67 bits per heavy atom. The van der Waals surface area contributed by atoms with Gasteiger partial charge in [-0.05, 0) is 42.3 Å². The Labute approximate surface area is 76.4 Å². The summed E-state index contributed by atoms with van der Waals surface area (Å²) in [7, 11) is 0. The van der Waals surface area contributed by atoms with E-state index in [0.717, 1.165) is 11.1 Å². The van der Waals surface area contributed by atoms with E-state index >= 15 is 0 Å². The summed E-state index contributed by atoms with van der Waals surface area (Å²) >= 11 is 5.28. The second-order valence-electron chi connectivity index (χ2n) is 2.45. The van der Waals surface area contributed by atoms with Crippen molar-refractivity contribution in [3.63, 3.8) is 0 Å². The molecule has 0 amide bonds. The van der Waals surface area contributed by atoms with Crippen LogP contribution in [-0.4, -0.2) is 5.24 Å². The Hall–Kier alpha value is -1.26. The molecule has 0 fully saturated rings. The zero-order valence-electron chi connectivity index (χ0n) is 6.60. The number of hydrogen-bond acceptors (Lipinski definition) is 1. The number of terminal acetylenes is 1. The number of carbonyl (C=O) groups is 1. The summed E-state index contributed by atoms with van der Waals surface area (Å²) in [5.41, 5.74) is 2.16. The van der Waals surface area contributed by atoms with Gasteiger partial charge in [0.1, 0.15) is 0 Å². The fraction of sp³-hybridized carbons (Fsp3) is 0.100. The van der Waals surface area contributed by atoms with Crippen molar-refractivity contribution in [3.05, 3.63) is 34.9 Å². The van der Waals surface area contributed by atoms with Crippen LogP contribution in [0, 0.1) is 19.3 Å². The van der Waals surface area contributed by atoms with Crippen molar-refractivity contribution in [3.8, 4) is 12.3 Å². The molecule has 0 atom stereocenters. The van der Waals surface area contributed by atoms with Gasteiger partial charge in [0.05, 0.1) is 0 Å². The lowest BCUT2D eigenvalue weighted by Crippen LogP contribution is -1.91. The van der Waals surface area contributed by atoms with Crippen LogP contribution in [0.3, 0.4) is 0 Å². The van der Waals surface area contributed by atoms with Gasteiger partial charge < -0.3 is 0 Å². The Morgan fingerprint density at radius 2 is 2.25 bits per heavy atom. The van der Waals surface area contributed by atoms with Crippen LogP contribution in [-0.2, 0) is 0 Å². The summed E-state index contributed by atoms with van der Waals surface area (Å²) in [5, 5.41) is -0.457. The molecule has 0 saturated carbocycles. The molecule has 2 heteroatoms. The van der Waals surface area contributed by atoms with Gasteiger partial charge >= 0.3 is 0 Å². The van der Waals surface area contributed by atoms with Crippen LogP contribution >= 0.6 is 11.6 Å². The van der Waals surface area contributed by atoms with E-state index in [1.165, 1.54) is 0 Å². The molecule has 1 rings (SSSR count). The van der Waals surface area contributed by atoms with Crippen LogP contribution in [0.25, 0.3) is 0 Å². The molecule has 0 aliphatic carbocycles. The minimum atomic E-state index is -0.457. The number of benzene rings is 1. The minimum Gasteiger partial charge on any atom is -0.276 e. The molecule has 0 aromatic heterocycles. The van der Waals surface area contributed by atoms with Gasteiger partial charge in [0.2, 0.25) is 0 Å². The van der Waals surface area contributed by atoms with E-state index in [2.05, 4.69) is 5.92 Å². The first kappa shape index (κ1) is 8.83. The van der Waals surface area contributed by atoms with Gasteiger partial charge in [-0.1, -0.05) is 5.92 Å². The van der Waals surface area contributed by atoms with Gasteiger partial charge in [0.15, 0.2) is 0 Å². The highest BCUT2D eigenvalue weighted by Crippen LogP contribution is 2.11. The quantitative estimate of drug-likeness (QED) is 0.477. The largest absolute Gasteiger partial charge is 0.276 e. The van der Waals surface area contributed by atoms with Crippen molar-refractivity contribution in [1.82, 2.24) is 0 Å². The predicted molar refractivity (Wildman–Crippen MR) is 49.3 cm³/mol. The van der Waals surface area contributed by atoms with Crippen LogP contribution in [0.2, 0.25) is 0 Å². The summed E-state index contributed by atoms with van der Waals surface area (Å²) in [4.78, 5) is 10.7. The fourth-order valence-electron chi connectivity index (χ4n) is 0.948. The van der Waals surface area contributed by atoms with E-state index < -0.39 is 5.24 Å². The Bertz CT molecular complexity index is 361. The molecular weight excluding hydrogens is 172 g/mol. The summed E-state index contributed by atoms with van der Waals surface area (Å²) in [6.07, 6.45) is 5.21. The first-order chi connectivity index (χ1) is 5.65. The highest BCUT2D eigenvalue weighted by Gasteiger charge is 2.02. The maximum absolute atomic E-state index is 10.7. The lowest BCUT2D eigenvalue weighted by molar-refractivity contribution is 0.108. The first-order valence-corrected chi connectivity index (χ1v) is 3.80. The maximum atomic E-state index is 10.7. The summed E-state index contributed by atoms with van der Waals surface area (Å²) in [5.74, 6) is 2.51. The summed E-state index contributed by atoms with van der Waals surface area (Å²) in [6, 6.07) is 5.02. The van der Waals surface area contributed by atoms with Gasteiger partial charge in [-0.2, -0.15) is 0 Å². The van der Waals surface area contributed by atoms with Crippen molar-refractivity contribution in [2.75, 3.05) is 0 Å². The lowest BCUT2D eigenvalue weighted by atomic mass is 10.1. The van der Waals surface area contributed by atoms with Crippen LogP contribution < -0.4 is 0 Å². The van der Waals surface area contributed by atoms with Crippen LogP contribution in [0.15, 0.2) is 18.2 Å². The molecule has 1 nitrogen and oxygen atoms in total. The third-order valence-corrected chi connectivity index (χ3v) is 1.83. The summed E-state index contributed by atoms with van der Waals surface area (Å²) in [6.45, 7) is 1.85.